The Kier molecular flexibility index (Phi) is 4.71. The molecule has 2 aromatic rings. The highest BCUT2D eigenvalue weighted by Gasteiger charge is 2.16. The SMILES string of the molecule is O=C(O)c1cn(C/C=C/[C@H]2[N-]CCC[C@@H]2O)c2c(Cl)cccc12. The number of piperidine rings is 1. The van der Waals surface area contributed by atoms with Gasteiger partial charge in [0.2, 0.25) is 0 Å². The lowest BCUT2D eigenvalue weighted by atomic mass is 10.0. The Hall–Kier alpha value is -1.82. The quantitative estimate of drug-likeness (QED) is 0.841. The molecule has 3 rings (SSSR count). The third-order valence-electron chi connectivity index (χ3n) is 4.11. The van der Waals surface area contributed by atoms with Crippen LogP contribution >= 0.6 is 11.6 Å². The zero-order valence-electron chi connectivity index (χ0n) is 12.5. The van der Waals surface area contributed by atoms with Crippen molar-refractivity contribution in [3.05, 3.63) is 52.5 Å². The molecule has 5 nitrogen and oxygen atoms in total. The molecule has 0 radical (unpaired) electrons. The number of fused-ring (bicyclic) bond motifs is 1. The van der Waals surface area contributed by atoms with Crippen LogP contribution in [0.3, 0.4) is 0 Å². The lowest BCUT2D eigenvalue weighted by Crippen LogP contribution is -2.28. The molecule has 1 aliphatic rings. The van der Waals surface area contributed by atoms with Gasteiger partial charge in [0.25, 0.3) is 0 Å². The molecule has 0 bridgehead atoms. The number of para-hydroxylation sites is 1. The number of nitrogens with zero attached hydrogens (tertiary/aromatic N) is 2. The first-order valence-corrected chi connectivity index (χ1v) is 7.97. The fourth-order valence-corrected chi connectivity index (χ4v) is 3.25. The van der Waals surface area contributed by atoms with E-state index in [-0.39, 0.29) is 11.6 Å². The normalized spacial score (nSPS) is 22.0. The van der Waals surface area contributed by atoms with E-state index in [0.717, 1.165) is 19.4 Å². The van der Waals surface area contributed by atoms with Crippen molar-refractivity contribution < 1.29 is 15.0 Å². The second-order valence-electron chi connectivity index (χ2n) is 5.67. The minimum Gasteiger partial charge on any atom is -0.654 e. The maximum Gasteiger partial charge on any atom is 0.337 e. The van der Waals surface area contributed by atoms with Crippen LogP contribution in [-0.4, -0.2) is 39.4 Å². The Morgan fingerprint density at radius 2 is 2.30 bits per heavy atom. The summed E-state index contributed by atoms with van der Waals surface area (Å²) >= 11 is 6.23. The van der Waals surface area contributed by atoms with Crippen LogP contribution in [0.4, 0.5) is 0 Å². The zero-order chi connectivity index (χ0) is 16.4. The number of carbonyl (C=O) groups is 1. The number of halogens is 1. The number of hydrogen-bond acceptors (Lipinski definition) is 2. The van der Waals surface area contributed by atoms with Crippen molar-refractivity contribution in [3.8, 4) is 0 Å². The van der Waals surface area contributed by atoms with E-state index in [1.165, 1.54) is 0 Å². The van der Waals surface area contributed by atoms with Crippen molar-refractivity contribution in [1.82, 2.24) is 4.57 Å². The number of allylic oxidation sites excluding steroid dienone is 1. The minimum absolute atomic E-state index is 0.181. The summed E-state index contributed by atoms with van der Waals surface area (Å²) in [6.45, 7) is 1.25. The molecule has 2 heterocycles. The number of aliphatic hydroxyl groups is 1. The Bertz CT molecular complexity index is 754. The minimum atomic E-state index is -0.974. The number of aromatic nitrogens is 1. The molecule has 0 spiro atoms. The standard InChI is InChI=1S/C17H18ClN2O3/c18-13-5-1-4-11-12(17(22)23)10-20(16(11)13)9-3-6-14-15(21)7-2-8-19-14/h1,3-6,10,14-15,21H,2,7-9H2,(H,22,23)/q-1/b6-3+/t14-,15+/m1/s1. The van der Waals surface area contributed by atoms with Gasteiger partial charge in [-0.2, -0.15) is 0 Å². The smallest absolute Gasteiger partial charge is 0.337 e. The predicted octanol–water partition coefficient (Wildman–Crippen LogP) is 3.45. The molecule has 23 heavy (non-hydrogen) atoms. The van der Waals surface area contributed by atoms with Crippen LogP contribution in [0.1, 0.15) is 23.2 Å². The number of hydrogen-bond donors (Lipinski definition) is 2. The second-order valence-corrected chi connectivity index (χ2v) is 6.08. The lowest BCUT2D eigenvalue weighted by molar-refractivity contribution is 0.0699. The van der Waals surface area contributed by atoms with Crippen molar-refractivity contribution in [3.63, 3.8) is 0 Å². The molecule has 1 aliphatic heterocycles. The van der Waals surface area contributed by atoms with Gasteiger partial charge < -0.3 is 20.1 Å². The van der Waals surface area contributed by atoms with Crippen LogP contribution in [0.25, 0.3) is 16.2 Å². The van der Waals surface area contributed by atoms with Crippen molar-refractivity contribution in [1.29, 1.82) is 0 Å². The van der Waals surface area contributed by atoms with Crippen molar-refractivity contribution in [2.24, 2.45) is 0 Å². The molecule has 0 saturated carbocycles. The van der Waals surface area contributed by atoms with Gasteiger partial charge in [-0.05, 0) is 12.5 Å². The highest BCUT2D eigenvalue weighted by Crippen LogP contribution is 2.28. The third kappa shape index (κ3) is 3.27. The molecular weight excluding hydrogens is 316 g/mol. The van der Waals surface area contributed by atoms with E-state index in [9.17, 15) is 15.0 Å². The summed E-state index contributed by atoms with van der Waals surface area (Å²) in [5, 5.41) is 24.8. The van der Waals surface area contributed by atoms with Gasteiger partial charge in [0.15, 0.2) is 0 Å². The summed E-state index contributed by atoms with van der Waals surface area (Å²) in [5.41, 5.74) is 0.940. The predicted molar refractivity (Wildman–Crippen MR) is 90.3 cm³/mol. The summed E-state index contributed by atoms with van der Waals surface area (Å²) in [6.07, 6.45) is 6.63. The summed E-state index contributed by atoms with van der Waals surface area (Å²) in [7, 11) is 0. The largest absolute Gasteiger partial charge is 0.654 e. The maximum absolute atomic E-state index is 11.4. The maximum atomic E-state index is 11.4. The van der Waals surface area contributed by atoms with Crippen LogP contribution < -0.4 is 0 Å². The summed E-state index contributed by atoms with van der Waals surface area (Å²) in [5.74, 6) is -0.974. The molecule has 1 fully saturated rings. The molecule has 2 atom stereocenters. The fourth-order valence-electron chi connectivity index (χ4n) is 2.97. The molecule has 2 N–H and O–H groups in total. The number of benzene rings is 1. The molecule has 0 aliphatic carbocycles. The number of aromatic carboxylic acids is 1. The van der Waals surface area contributed by atoms with Gasteiger partial charge in [-0.1, -0.05) is 42.3 Å². The summed E-state index contributed by atoms with van der Waals surface area (Å²) in [6, 6.07) is 5.07. The molecule has 1 aromatic heterocycles. The Balaban J connectivity index is 1.86. The molecular formula is C17H18ClN2O3-. The summed E-state index contributed by atoms with van der Waals surface area (Å²) < 4.78 is 1.81. The van der Waals surface area contributed by atoms with Crippen molar-refractivity contribution in [2.45, 2.75) is 31.5 Å². The molecule has 1 saturated heterocycles. The van der Waals surface area contributed by atoms with Gasteiger partial charge in [0.05, 0.1) is 16.1 Å². The van der Waals surface area contributed by atoms with Gasteiger partial charge in [-0.3, -0.25) is 0 Å². The van der Waals surface area contributed by atoms with Crippen molar-refractivity contribution in [2.75, 3.05) is 6.54 Å². The van der Waals surface area contributed by atoms with E-state index >= 15 is 0 Å². The van der Waals surface area contributed by atoms with E-state index in [1.54, 1.807) is 24.4 Å². The van der Waals surface area contributed by atoms with Gasteiger partial charge in [0.1, 0.15) is 0 Å². The Morgan fingerprint density at radius 1 is 1.48 bits per heavy atom. The first kappa shape index (κ1) is 16.1. The van der Waals surface area contributed by atoms with E-state index in [4.69, 9.17) is 11.6 Å². The van der Waals surface area contributed by atoms with Crippen LogP contribution in [0.5, 0.6) is 0 Å². The molecule has 6 heteroatoms. The van der Waals surface area contributed by atoms with E-state index in [1.807, 2.05) is 16.7 Å². The molecule has 122 valence electrons. The van der Waals surface area contributed by atoms with E-state index in [2.05, 4.69) is 5.32 Å². The van der Waals surface area contributed by atoms with E-state index in [0.29, 0.717) is 22.5 Å². The van der Waals surface area contributed by atoms with Crippen LogP contribution in [0.2, 0.25) is 5.02 Å². The molecule has 0 amide bonds. The molecule has 1 aromatic carbocycles. The topological polar surface area (TPSA) is 76.6 Å². The average molecular weight is 334 g/mol. The van der Waals surface area contributed by atoms with Gasteiger partial charge in [-0.25, -0.2) is 4.79 Å². The fraction of sp³-hybridized carbons (Fsp3) is 0.353. The van der Waals surface area contributed by atoms with Crippen LogP contribution in [0, 0.1) is 0 Å². The van der Waals surface area contributed by atoms with Crippen LogP contribution in [-0.2, 0) is 6.54 Å². The lowest BCUT2D eigenvalue weighted by Gasteiger charge is -2.38. The number of aliphatic hydroxyl groups excluding tert-OH is 1. The van der Waals surface area contributed by atoms with Gasteiger partial charge >= 0.3 is 5.97 Å². The van der Waals surface area contributed by atoms with Gasteiger partial charge in [0, 0.05) is 24.2 Å². The van der Waals surface area contributed by atoms with Crippen LogP contribution in [0.15, 0.2) is 36.5 Å². The third-order valence-corrected chi connectivity index (χ3v) is 4.41. The second kappa shape index (κ2) is 6.74. The Morgan fingerprint density at radius 3 is 3.04 bits per heavy atom. The zero-order valence-corrected chi connectivity index (χ0v) is 13.3. The Labute approximate surface area is 139 Å². The molecule has 0 unspecified atom stereocenters. The monoisotopic (exact) mass is 333 g/mol. The number of rotatable bonds is 4. The first-order chi connectivity index (χ1) is 11.1. The van der Waals surface area contributed by atoms with E-state index < -0.39 is 12.1 Å². The number of carboxylic acids is 1. The summed E-state index contributed by atoms with van der Waals surface area (Å²) in [4.78, 5) is 11.4. The number of carboxylic acid groups (broad SMARTS) is 1. The van der Waals surface area contributed by atoms with Gasteiger partial charge in [-0.15, -0.1) is 12.6 Å². The highest BCUT2D eigenvalue weighted by atomic mass is 35.5. The average Bonchev–Trinajstić information content (AvgIpc) is 2.90. The van der Waals surface area contributed by atoms with Crippen molar-refractivity contribution >= 4 is 28.5 Å². The first-order valence-electron chi connectivity index (χ1n) is 7.60. The highest BCUT2D eigenvalue weighted by molar-refractivity contribution is 6.35.